The van der Waals surface area contributed by atoms with Gasteiger partial charge in [-0.1, -0.05) is 0 Å². The third-order valence-corrected chi connectivity index (χ3v) is 0. The minimum atomic E-state index is 0. The number of rotatable bonds is 0. The third kappa shape index (κ3) is 36.8. The van der Waals surface area contributed by atoms with E-state index in [1.54, 1.807) is 0 Å². The van der Waals surface area contributed by atoms with Crippen molar-refractivity contribution in [3.8, 4) is 0 Å². The Morgan fingerprint density at radius 3 is 0.400 bits per heavy atom. The van der Waals surface area contributed by atoms with E-state index in [1.165, 1.54) is 0 Å². The van der Waals surface area contributed by atoms with Gasteiger partial charge in [-0.15, -0.1) is 0 Å². The molecule has 5 heavy (non-hydrogen) atoms. The van der Waals surface area contributed by atoms with Crippen molar-refractivity contribution in [1.82, 2.24) is 0 Å². The second-order valence-corrected chi connectivity index (χ2v) is 0. The largest absolute Gasteiger partial charge is 3.00 e. The van der Waals surface area contributed by atoms with Crippen LogP contribution in [-0.2, 0) is 57.3 Å². The van der Waals surface area contributed by atoms with Crippen LogP contribution in [0.25, 0.3) is 0 Å². The van der Waals surface area contributed by atoms with Crippen LogP contribution in [0.1, 0.15) is 0 Å². The minimum absolute atomic E-state index is 0. The van der Waals surface area contributed by atoms with Gasteiger partial charge in [-0.3, -0.25) is 0 Å². The zero-order chi connectivity index (χ0) is 0. The summed E-state index contributed by atoms with van der Waals surface area (Å²) in [5.74, 6) is 0. The van der Waals surface area contributed by atoms with Crippen LogP contribution in [0.4, 0.5) is 0 Å². The summed E-state index contributed by atoms with van der Waals surface area (Å²) >= 11 is 0. The molecule has 2 radical (unpaired) electrons. The van der Waals surface area contributed by atoms with Crippen molar-refractivity contribution < 1.29 is 57.3 Å². The smallest absolute Gasteiger partial charge is 2.00 e. The summed E-state index contributed by atoms with van der Waals surface area (Å²) in [4.78, 5) is 0. The molecule has 0 heterocycles. The van der Waals surface area contributed by atoms with Crippen molar-refractivity contribution >= 4 is 0 Å². The Bertz CT molecular complexity index is 4.85. The van der Waals surface area contributed by atoms with Gasteiger partial charge in [0.25, 0.3) is 0 Å². The molecular weight excluding hydrogens is 261 g/mol. The van der Waals surface area contributed by atoms with Gasteiger partial charge in [0, 0.05) is 0 Å². The first-order chi connectivity index (χ1) is 0. The molecule has 0 spiro atoms. The molecular formula is O3Pd2. The maximum absolute atomic E-state index is 0. The average Bonchev–Trinajstić information content (AvgIpc) is 0. The maximum atomic E-state index is 0. The molecule has 0 aliphatic carbocycles. The van der Waals surface area contributed by atoms with E-state index in [-0.39, 0.29) is 57.3 Å². The van der Waals surface area contributed by atoms with Gasteiger partial charge < -0.3 is 16.4 Å². The van der Waals surface area contributed by atoms with Gasteiger partial charge in [-0.25, -0.2) is 0 Å². The first-order valence-corrected chi connectivity index (χ1v) is 0. The molecule has 0 bridgehead atoms. The second-order valence-electron chi connectivity index (χ2n) is 0. The molecule has 0 fully saturated rings. The van der Waals surface area contributed by atoms with Crippen molar-refractivity contribution in [3.63, 3.8) is 0 Å². The van der Waals surface area contributed by atoms with E-state index in [9.17, 15) is 0 Å². The normalized spacial score (nSPS) is 0. The summed E-state index contributed by atoms with van der Waals surface area (Å²) in [6, 6.07) is 0. The molecule has 0 aromatic carbocycles. The Morgan fingerprint density at radius 1 is 0.400 bits per heavy atom. The van der Waals surface area contributed by atoms with Crippen molar-refractivity contribution in [2.24, 2.45) is 0 Å². The van der Waals surface area contributed by atoms with Crippen LogP contribution in [0.5, 0.6) is 0 Å². The fourth-order valence-corrected chi connectivity index (χ4v) is 0. The zero-order valence-corrected chi connectivity index (χ0v) is 4.97. The molecule has 0 aliphatic rings. The fraction of sp³-hybridized carbons (Fsp3) is 0. The maximum Gasteiger partial charge on any atom is 3.00 e. The van der Waals surface area contributed by atoms with Gasteiger partial charge in [-0.2, -0.15) is 0 Å². The Kier molecular flexibility index (Phi) is 1470. The van der Waals surface area contributed by atoms with E-state index >= 15 is 0 Å². The molecule has 5 heteroatoms. The summed E-state index contributed by atoms with van der Waals surface area (Å²) in [6.07, 6.45) is 0. The second kappa shape index (κ2) is 63.4. The predicted octanol–water partition coefficient (Wildman–Crippen LogP) is -0.361. The molecule has 0 N–H and O–H groups in total. The summed E-state index contributed by atoms with van der Waals surface area (Å²) in [5.41, 5.74) is 0. The Balaban J connectivity index is 0. The van der Waals surface area contributed by atoms with Crippen LogP contribution in [0, 0.1) is 0 Å². The van der Waals surface area contributed by atoms with Crippen LogP contribution in [0.15, 0.2) is 0 Å². The third-order valence-electron chi connectivity index (χ3n) is 0. The van der Waals surface area contributed by atoms with Gasteiger partial charge in [0.2, 0.25) is 0 Å². The summed E-state index contributed by atoms with van der Waals surface area (Å²) < 4.78 is 0. The predicted molar refractivity (Wildman–Crippen MR) is 2.06 cm³/mol. The minimum Gasteiger partial charge on any atom is -2.00 e. The van der Waals surface area contributed by atoms with Crippen molar-refractivity contribution in [1.29, 1.82) is 0 Å². The molecule has 0 saturated carbocycles. The van der Waals surface area contributed by atoms with E-state index in [0.717, 1.165) is 0 Å². The average molecular weight is 261 g/mol. The summed E-state index contributed by atoms with van der Waals surface area (Å²) in [7, 11) is 0. The van der Waals surface area contributed by atoms with E-state index < -0.39 is 0 Å². The van der Waals surface area contributed by atoms with Crippen molar-refractivity contribution in [2.75, 3.05) is 0 Å². The molecule has 0 aromatic heterocycles. The molecule has 3 nitrogen and oxygen atoms in total. The van der Waals surface area contributed by atoms with Crippen LogP contribution in [0.2, 0.25) is 0 Å². The first kappa shape index (κ1) is 116. The molecule has 0 rings (SSSR count). The van der Waals surface area contributed by atoms with E-state index in [0.29, 0.717) is 0 Å². The molecule has 0 aliphatic heterocycles. The number of hydrogen-bond donors (Lipinski definition) is 0. The van der Waals surface area contributed by atoms with Crippen LogP contribution in [0.3, 0.4) is 0 Å². The molecule has 0 saturated heterocycles. The number of hydrogen-bond acceptors (Lipinski definition) is 0. The van der Waals surface area contributed by atoms with Gasteiger partial charge >= 0.3 is 40.8 Å². The quantitative estimate of drug-likeness (QED) is 0.533. The van der Waals surface area contributed by atoms with Gasteiger partial charge in [0.05, 0.1) is 0 Å². The molecule has 0 amide bonds. The summed E-state index contributed by atoms with van der Waals surface area (Å²) in [5, 5.41) is 0. The zero-order valence-electron chi connectivity index (χ0n) is 1.86. The van der Waals surface area contributed by atoms with E-state index in [2.05, 4.69) is 0 Å². The monoisotopic (exact) mass is 260 g/mol. The fourth-order valence-electron chi connectivity index (χ4n) is 0. The molecule has 0 unspecified atom stereocenters. The van der Waals surface area contributed by atoms with Gasteiger partial charge in [-0.05, 0) is 0 Å². The van der Waals surface area contributed by atoms with Crippen molar-refractivity contribution in [3.05, 3.63) is 0 Å². The van der Waals surface area contributed by atoms with Gasteiger partial charge in [0.15, 0.2) is 0 Å². The summed E-state index contributed by atoms with van der Waals surface area (Å²) in [6.45, 7) is 0. The topological polar surface area (TPSA) is 85.5 Å². The van der Waals surface area contributed by atoms with Crippen LogP contribution in [-0.4, -0.2) is 0 Å². The van der Waals surface area contributed by atoms with Crippen LogP contribution < -0.4 is 0 Å². The SMILES string of the molecule is [O-2].[O-2].[O-2].[Pd+3].[Pd+3]. The Labute approximate surface area is 57.4 Å². The molecule has 0 aromatic rings. The van der Waals surface area contributed by atoms with Crippen LogP contribution >= 0.6 is 0 Å². The first-order valence-electron chi connectivity index (χ1n) is 0. The van der Waals surface area contributed by atoms with Crippen molar-refractivity contribution in [2.45, 2.75) is 0 Å². The Hall–Kier alpha value is 1.20. The standard InChI is InChI=1S/3O.2Pd/q3*-2;2*+3. The van der Waals surface area contributed by atoms with Gasteiger partial charge in [0.1, 0.15) is 0 Å². The van der Waals surface area contributed by atoms with E-state index in [4.69, 9.17) is 0 Å². The molecule has 0 atom stereocenters. The van der Waals surface area contributed by atoms with E-state index in [1.807, 2.05) is 0 Å². The molecule has 38 valence electrons. The Morgan fingerprint density at radius 2 is 0.400 bits per heavy atom.